The van der Waals surface area contributed by atoms with Crippen LogP contribution in [0, 0.1) is 0 Å². The number of nitrogens with zero attached hydrogens (tertiary/aromatic N) is 2. The first-order valence-corrected chi connectivity index (χ1v) is 13.5. The van der Waals surface area contributed by atoms with Crippen LogP contribution >= 0.6 is 0 Å². The lowest BCUT2D eigenvalue weighted by atomic mass is 9.84. The van der Waals surface area contributed by atoms with Gasteiger partial charge in [-0.05, 0) is 66.3 Å². The van der Waals surface area contributed by atoms with Crippen LogP contribution in [-0.2, 0) is 4.79 Å². The van der Waals surface area contributed by atoms with E-state index in [1.807, 2.05) is 36.4 Å². The van der Waals surface area contributed by atoms with E-state index in [9.17, 15) is 19.8 Å². The Morgan fingerprint density at radius 3 is 2.35 bits per heavy atom. The van der Waals surface area contributed by atoms with E-state index in [0.29, 0.717) is 28.3 Å². The Bertz CT molecular complexity index is 1620. The molecule has 200 valence electrons. The number of para-hydroxylation sites is 2. The average molecular weight is 532 g/mol. The molecular formula is C33H29N3O4. The molecule has 1 aliphatic heterocycles. The highest BCUT2D eigenvalue weighted by atomic mass is 16.4. The maximum absolute atomic E-state index is 13.7. The van der Waals surface area contributed by atoms with Crippen molar-refractivity contribution in [2.24, 2.45) is 5.10 Å². The van der Waals surface area contributed by atoms with Gasteiger partial charge in [-0.25, -0.2) is 4.79 Å². The molecule has 2 aliphatic rings. The van der Waals surface area contributed by atoms with Crippen molar-refractivity contribution in [2.45, 2.75) is 38.0 Å². The summed E-state index contributed by atoms with van der Waals surface area (Å²) in [6.45, 7) is 0. The number of carboxylic acid groups (broad SMARTS) is 1. The molecule has 0 atom stereocenters. The maximum Gasteiger partial charge on any atom is 0.335 e. The van der Waals surface area contributed by atoms with Crippen molar-refractivity contribution >= 4 is 34.7 Å². The summed E-state index contributed by atoms with van der Waals surface area (Å²) in [7, 11) is 0. The van der Waals surface area contributed by atoms with Gasteiger partial charge < -0.3 is 10.2 Å². The molecule has 1 heterocycles. The summed E-state index contributed by atoms with van der Waals surface area (Å²) in [6.07, 6.45) is 6.28. The first-order valence-electron chi connectivity index (χ1n) is 13.5. The van der Waals surface area contributed by atoms with Gasteiger partial charge in [0.25, 0.3) is 5.91 Å². The van der Waals surface area contributed by atoms with Gasteiger partial charge in [0.05, 0.1) is 16.9 Å². The molecule has 1 saturated carbocycles. The van der Waals surface area contributed by atoms with E-state index in [1.54, 1.807) is 35.2 Å². The molecule has 1 aliphatic carbocycles. The second-order valence-electron chi connectivity index (χ2n) is 10.2. The molecule has 6 rings (SSSR count). The molecule has 1 fully saturated rings. The quantitative estimate of drug-likeness (QED) is 0.179. The summed E-state index contributed by atoms with van der Waals surface area (Å²) in [5.41, 5.74) is 8.09. The Labute approximate surface area is 232 Å². The first-order chi connectivity index (χ1) is 19.5. The van der Waals surface area contributed by atoms with Crippen LogP contribution in [0.2, 0.25) is 0 Å². The third-order valence-electron chi connectivity index (χ3n) is 7.78. The van der Waals surface area contributed by atoms with Gasteiger partial charge in [-0.1, -0.05) is 73.9 Å². The monoisotopic (exact) mass is 531 g/mol. The molecule has 1 amide bonds. The molecule has 0 unspecified atom stereocenters. The maximum atomic E-state index is 13.7. The molecule has 0 aromatic heterocycles. The van der Waals surface area contributed by atoms with Crippen molar-refractivity contribution in [3.63, 3.8) is 0 Å². The van der Waals surface area contributed by atoms with E-state index in [-0.39, 0.29) is 22.9 Å². The smallest absolute Gasteiger partial charge is 0.335 e. The SMILES string of the molecule is O=C(O)c1cccc(-c2cccc(N/N=C3\C(=O)N(c4ccc(C5CCCCC5)cc4)c4ccccc43)c2O)c1. The van der Waals surface area contributed by atoms with Crippen molar-refractivity contribution in [1.29, 1.82) is 0 Å². The number of anilines is 3. The van der Waals surface area contributed by atoms with E-state index < -0.39 is 5.97 Å². The number of phenols is 1. The van der Waals surface area contributed by atoms with Crippen LogP contribution in [0.3, 0.4) is 0 Å². The summed E-state index contributed by atoms with van der Waals surface area (Å²) < 4.78 is 0. The Balaban J connectivity index is 1.29. The molecule has 7 nitrogen and oxygen atoms in total. The number of aromatic hydroxyl groups is 1. The van der Waals surface area contributed by atoms with Crippen molar-refractivity contribution in [3.8, 4) is 16.9 Å². The number of hydrogen-bond donors (Lipinski definition) is 3. The fourth-order valence-corrected chi connectivity index (χ4v) is 5.70. The number of carbonyl (C=O) groups is 2. The molecular weight excluding hydrogens is 502 g/mol. The summed E-state index contributed by atoms with van der Waals surface area (Å²) in [5.74, 6) is -0.818. The number of rotatable bonds is 6. The number of carbonyl (C=O) groups excluding carboxylic acids is 1. The summed E-state index contributed by atoms with van der Waals surface area (Å²) in [5, 5.41) is 24.8. The molecule has 4 aromatic rings. The number of hydrazone groups is 1. The van der Waals surface area contributed by atoms with Crippen LogP contribution < -0.4 is 10.3 Å². The van der Waals surface area contributed by atoms with Gasteiger partial charge in [-0.15, -0.1) is 0 Å². The van der Waals surface area contributed by atoms with Crippen molar-refractivity contribution in [1.82, 2.24) is 0 Å². The van der Waals surface area contributed by atoms with Crippen LogP contribution in [-0.4, -0.2) is 27.8 Å². The number of nitrogens with one attached hydrogen (secondary N) is 1. The van der Waals surface area contributed by atoms with E-state index in [0.717, 1.165) is 11.4 Å². The van der Waals surface area contributed by atoms with Crippen LogP contribution in [0.25, 0.3) is 11.1 Å². The highest BCUT2D eigenvalue weighted by Gasteiger charge is 2.35. The minimum Gasteiger partial charge on any atom is -0.505 e. The molecule has 0 saturated heterocycles. The second-order valence-corrected chi connectivity index (χ2v) is 10.2. The van der Waals surface area contributed by atoms with Crippen LogP contribution in [0.1, 0.15) is 59.5 Å². The molecule has 0 bridgehead atoms. The normalized spacial score (nSPS) is 16.2. The van der Waals surface area contributed by atoms with Gasteiger partial charge in [-0.3, -0.25) is 15.1 Å². The lowest BCUT2D eigenvalue weighted by Crippen LogP contribution is -2.26. The zero-order valence-electron chi connectivity index (χ0n) is 21.9. The van der Waals surface area contributed by atoms with Gasteiger partial charge >= 0.3 is 5.97 Å². The Kier molecular flexibility index (Phi) is 6.78. The number of amides is 1. The van der Waals surface area contributed by atoms with Gasteiger partial charge in [0.2, 0.25) is 0 Å². The van der Waals surface area contributed by atoms with Crippen molar-refractivity contribution < 1.29 is 19.8 Å². The lowest BCUT2D eigenvalue weighted by Gasteiger charge is -2.23. The average Bonchev–Trinajstić information content (AvgIpc) is 3.28. The van der Waals surface area contributed by atoms with E-state index in [1.165, 1.54) is 49.8 Å². The van der Waals surface area contributed by atoms with Crippen LogP contribution in [0.5, 0.6) is 5.75 Å². The highest BCUT2D eigenvalue weighted by molar-refractivity contribution is 6.55. The molecule has 40 heavy (non-hydrogen) atoms. The zero-order valence-corrected chi connectivity index (χ0v) is 21.9. The minimum absolute atomic E-state index is 0.0942. The summed E-state index contributed by atoms with van der Waals surface area (Å²) in [4.78, 5) is 26.8. The Morgan fingerprint density at radius 2 is 1.57 bits per heavy atom. The summed E-state index contributed by atoms with van der Waals surface area (Å²) >= 11 is 0. The van der Waals surface area contributed by atoms with Gasteiger partial charge in [0.1, 0.15) is 5.75 Å². The zero-order chi connectivity index (χ0) is 27.6. The fourth-order valence-electron chi connectivity index (χ4n) is 5.70. The van der Waals surface area contributed by atoms with E-state index in [2.05, 4.69) is 22.7 Å². The molecule has 0 radical (unpaired) electrons. The topological polar surface area (TPSA) is 102 Å². The first kappa shape index (κ1) is 25.4. The highest BCUT2D eigenvalue weighted by Crippen LogP contribution is 2.39. The second kappa shape index (κ2) is 10.7. The number of benzene rings is 4. The predicted molar refractivity (Wildman–Crippen MR) is 157 cm³/mol. The Hall–Kier alpha value is -4.91. The number of carboxylic acids is 1. The van der Waals surface area contributed by atoms with Crippen LogP contribution in [0.4, 0.5) is 17.1 Å². The number of phenolic OH excluding ortho intramolecular Hbond substituents is 1. The standard InChI is InChI=1S/C33H29N3O4/c37-31-26(23-10-6-11-24(20-23)33(39)40)13-7-14-28(31)34-35-30-27-12-4-5-15-29(27)36(32(30)38)25-18-16-22(17-19-25)21-8-2-1-3-9-21/h4-7,10-21,34,37H,1-3,8-9H2,(H,39,40)/b35-30-. The van der Waals surface area contributed by atoms with E-state index in [4.69, 9.17) is 0 Å². The Morgan fingerprint density at radius 1 is 0.850 bits per heavy atom. The molecule has 4 aromatic carbocycles. The molecule has 3 N–H and O–H groups in total. The van der Waals surface area contributed by atoms with Crippen LogP contribution in [0.15, 0.2) is 96.1 Å². The number of hydrogen-bond acceptors (Lipinski definition) is 5. The summed E-state index contributed by atoms with van der Waals surface area (Å²) in [6, 6.07) is 27.2. The predicted octanol–water partition coefficient (Wildman–Crippen LogP) is 7.30. The van der Waals surface area contributed by atoms with Gasteiger partial charge in [0.15, 0.2) is 5.71 Å². The van der Waals surface area contributed by atoms with E-state index >= 15 is 0 Å². The largest absolute Gasteiger partial charge is 0.505 e. The van der Waals surface area contributed by atoms with Crippen molar-refractivity contribution in [2.75, 3.05) is 10.3 Å². The number of aromatic carboxylic acids is 1. The number of fused-ring (bicyclic) bond motifs is 1. The van der Waals surface area contributed by atoms with Gasteiger partial charge in [0, 0.05) is 16.8 Å². The van der Waals surface area contributed by atoms with Crippen molar-refractivity contribution in [3.05, 3.63) is 108 Å². The van der Waals surface area contributed by atoms with Gasteiger partial charge in [-0.2, -0.15) is 5.10 Å². The third-order valence-corrected chi connectivity index (χ3v) is 7.78. The lowest BCUT2D eigenvalue weighted by molar-refractivity contribution is -0.111. The molecule has 7 heteroatoms. The molecule has 0 spiro atoms. The minimum atomic E-state index is -1.05. The third kappa shape index (κ3) is 4.71. The fraction of sp³-hybridized carbons (Fsp3) is 0.182.